The highest BCUT2D eigenvalue weighted by Crippen LogP contribution is 2.35. The van der Waals surface area contributed by atoms with E-state index < -0.39 is 0 Å². The predicted molar refractivity (Wildman–Crippen MR) is 40.1 cm³/mol. The Morgan fingerprint density at radius 2 is 2.27 bits per heavy atom. The third-order valence-electron chi connectivity index (χ3n) is 2.86. The van der Waals surface area contributed by atoms with Crippen LogP contribution < -0.4 is 5.32 Å². The van der Waals surface area contributed by atoms with Crippen molar-refractivity contribution in [2.24, 2.45) is 5.92 Å². The molecular formula is C8H13NO2. The molecule has 1 aliphatic carbocycles. The predicted octanol–water partition coefficient (Wildman–Crippen LogP) is -0.313. The topological polar surface area (TPSA) is 49.3 Å². The zero-order chi connectivity index (χ0) is 8.01. The van der Waals surface area contributed by atoms with Gasteiger partial charge in [-0.25, -0.2) is 0 Å². The van der Waals surface area contributed by atoms with Gasteiger partial charge in [0.1, 0.15) is 5.78 Å². The highest BCUT2D eigenvalue weighted by Gasteiger charge is 2.46. The number of Topliss-reactive ketones (excluding diaryl/α,β-unsaturated/α-hetero) is 1. The minimum atomic E-state index is -0.241. The first-order chi connectivity index (χ1) is 5.18. The summed E-state index contributed by atoms with van der Waals surface area (Å²) in [6, 6.07) is 0.327. The Morgan fingerprint density at radius 1 is 1.55 bits per heavy atom. The Morgan fingerprint density at radius 3 is 2.64 bits per heavy atom. The number of hydrogen-bond donors (Lipinski definition) is 2. The minimum absolute atomic E-state index is 0.0660. The molecule has 1 saturated carbocycles. The summed E-state index contributed by atoms with van der Waals surface area (Å²) in [6.45, 7) is 1.59. The van der Waals surface area contributed by atoms with Crippen LogP contribution in [0.15, 0.2) is 0 Å². The minimum Gasteiger partial charge on any atom is -0.393 e. The molecule has 11 heavy (non-hydrogen) atoms. The number of piperidine rings is 1. The van der Waals surface area contributed by atoms with Crippen molar-refractivity contribution in [2.75, 3.05) is 0 Å². The van der Waals surface area contributed by atoms with Crippen LogP contribution in [0.2, 0.25) is 0 Å². The van der Waals surface area contributed by atoms with Crippen molar-refractivity contribution >= 4 is 5.78 Å². The van der Waals surface area contributed by atoms with Gasteiger partial charge in [-0.3, -0.25) is 4.79 Å². The fraction of sp³-hybridized carbons (Fsp3) is 0.875. The van der Waals surface area contributed by atoms with Crippen molar-refractivity contribution in [1.29, 1.82) is 0 Å². The van der Waals surface area contributed by atoms with Crippen LogP contribution in [0.25, 0.3) is 0 Å². The summed E-state index contributed by atoms with van der Waals surface area (Å²) in [6.07, 6.45) is 1.56. The van der Waals surface area contributed by atoms with Gasteiger partial charge in [0.25, 0.3) is 0 Å². The number of ketones is 1. The fourth-order valence-electron chi connectivity index (χ4n) is 2.34. The number of carbonyl (C=O) groups excluding carboxylic acids is 1. The molecule has 2 bridgehead atoms. The van der Waals surface area contributed by atoms with E-state index in [9.17, 15) is 9.90 Å². The Labute approximate surface area is 65.8 Å². The van der Waals surface area contributed by atoms with Crippen molar-refractivity contribution in [2.45, 2.75) is 38.0 Å². The second-order valence-corrected chi connectivity index (χ2v) is 3.65. The van der Waals surface area contributed by atoms with E-state index in [1.807, 2.05) is 0 Å². The van der Waals surface area contributed by atoms with Crippen LogP contribution in [0.4, 0.5) is 0 Å². The number of rotatable bonds is 1. The lowest BCUT2D eigenvalue weighted by Crippen LogP contribution is -2.45. The Kier molecular flexibility index (Phi) is 1.51. The van der Waals surface area contributed by atoms with Gasteiger partial charge in [-0.2, -0.15) is 0 Å². The Bertz CT molecular complexity index is 193. The molecule has 2 rings (SSSR count). The average Bonchev–Trinajstić information content (AvgIpc) is 2.43. The molecule has 0 unspecified atom stereocenters. The number of hydrogen-bond acceptors (Lipinski definition) is 3. The second kappa shape index (κ2) is 2.29. The van der Waals surface area contributed by atoms with Crippen molar-refractivity contribution in [3.05, 3.63) is 0 Å². The standard InChI is InChI=1S/C8H13NO2/c1-4(10)8-6-2-5(9-8)3-7(6)11/h5-9,11H,2-3H2,1H3/t5-,6+,7+,8+/m0/s1. The molecular weight excluding hydrogens is 142 g/mol. The molecule has 0 aromatic rings. The smallest absolute Gasteiger partial charge is 0.147 e. The molecule has 0 aromatic carbocycles. The van der Waals surface area contributed by atoms with Gasteiger partial charge in [0, 0.05) is 12.0 Å². The van der Waals surface area contributed by atoms with E-state index in [1.54, 1.807) is 6.92 Å². The molecule has 0 spiro atoms. The van der Waals surface area contributed by atoms with Crippen molar-refractivity contribution < 1.29 is 9.90 Å². The molecule has 1 aliphatic heterocycles. The van der Waals surface area contributed by atoms with Crippen LogP contribution >= 0.6 is 0 Å². The fourth-order valence-corrected chi connectivity index (χ4v) is 2.34. The molecule has 2 aliphatic rings. The first-order valence-electron chi connectivity index (χ1n) is 4.13. The van der Waals surface area contributed by atoms with E-state index in [4.69, 9.17) is 0 Å². The van der Waals surface area contributed by atoms with Crippen LogP contribution in [-0.4, -0.2) is 29.1 Å². The molecule has 62 valence electrons. The first kappa shape index (κ1) is 7.25. The van der Waals surface area contributed by atoms with E-state index in [0.717, 1.165) is 12.8 Å². The number of aliphatic hydroxyl groups excluding tert-OH is 1. The first-order valence-corrected chi connectivity index (χ1v) is 4.13. The molecule has 0 amide bonds. The van der Waals surface area contributed by atoms with Crippen molar-refractivity contribution in [1.82, 2.24) is 5.32 Å². The van der Waals surface area contributed by atoms with Gasteiger partial charge in [-0.1, -0.05) is 0 Å². The van der Waals surface area contributed by atoms with E-state index >= 15 is 0 Å². The van der Waals surface area contributed by atoms with Crippen molar-refractivity contribution in [3.63, 3.8) is 0 Å². The third-order valence-corrected chi connectivity index (χ3v) is 2.86. The molecule has 1 heterocycles. The van der Waals surface area contributed by atoms with Crippen LogP contribution in [0.3, 0.4) is 0 Å². The SMILES string of the molecule is CC(=O)[C@H]1N[C@H]2C[C@@H]1[C@H](O)C2. The summed E-state index contributed by atoms with van der Waals surface area (Å²) in [5.41, 5.74) is 0. The molecule has 3 heteroatoms. The highest BCUT2D eigenvalue weighted by molar-refractivity contribution is 5.82. The maximum atomic E-state index is 11.0. The molecule has 2 fully saturated rings. The largest absolute Gasteiger partial charge is 0.393 e. The molecule has 0 aromatic heterocycles. The van der Waals surface area contributed by atoms with Gasteiger partial charge in [0.05, 0.1) is 12.1 Å². The van der Waals surface area contributed by atoms with Crippen LogP contribution in [0.5, 0.6) is 0 Å². The maximum absolute atomic E-state index is 11.0. The van der Waals surface area contributed by atoms with Gasteiger partial charge in [-0.15, -0.1) is 0 Å². The molecule has 0 radical (unpaired) electrons. The van der Waals surface area contributed by atoms with Crippen LogP contribution in [-0.2, 0) is 4.79 Å². The summed E-state index contributed by atoms with van der Waals surface area (Å²) in [4.78, 5) is 11.0. The monoisotopic (exact) mass is 155 g/mol. The molecule has 4 atom stereocenters. The summed E-state index contributed by atoms with van der Waals surface area (Å²) in [5, 5.41) is 12.7. The zero-order valence-electron chi connectivity index (χ0n) is 6.58. The van der Waals surface area contributed by atoms with Gasteiger partial charge < -0.3 is 10.4 Å². The number of nitrogens with one attached hydrogen (secondary N) is 1. The van der Waals surface area contributed by atoms with E-state index in [0.29, 0.717) is 6.04 Å². The third kappa shape index (κ3) is 0.993. The number of aliphatic hydroxyl groups is 1. The lowest BCUT2D eigenvalue weighted by Gasteiger charge is -2.24. The quantitative estimate of drug-likeness (QED) is 0.546. The van der Waals surface area contributed by atoms with Gasteiger partial charge in [0.15, 0.2) is 0 Å². The number of fused-ring (bicyclic) bond motifs is 2. The molecule has 2 N–H and O–H groups in total. The number of carbonyl (C=O) groups is 1. The van der Waals surface area contributed by atoms with Gasteiger partial charge >= 0.3 is 0 Å². The summed E-state index contributed by atoms with van der Waals surface area (Å²) < 4.78 is 0. The normalized spacial score (nSPS) is 48.2. The summed E-state index contributed by atoms with van der Waals surface area (Å²) >= 11 is 0. The summed E-state index contributed by atoms with van der Waals surface area (Å²) in [5.74, 6) is 0.355. The van der Waals surface area contributed by atoms with Crippen molar-refractivity contribution in [3.8, 4) is 0 Å². The van der Waals surface area contributed by atoms with E-state index in [-0.39, 0.29) is 23.8 Å². The van der Waals surface area contributed by atoms with E-state index in [1.165, 1.54) is 0 Å². The lowest BCUT2D eigenvalue weighted by molar-refractivity contribution is -0.121. The summed E-state index contributed by atoms with van der Waals surface area (Å²) in [7, 11) is 0. The lowest BCUT2D eigenvalue weighted by atomic mass is 9.95. The second-order valence-electron chi connectivity index (χ2n) is 3.65. The van der Waals surface area contributed by atoms with E-state index in [2.05, 4.69) is 5.32 Å². The van der Waals surface area contributed by atoms with Gasteiger partial charge in [-0.05, 0) is 19.8 Å². The highest BCUT2D eigenvalue weighted by atomic mass is 16.3. The van der Waals surface area contributed by atoms with Crippen LogP contribution in [0.1, 0.15) is 19.8 Å². The Balaban J connectivity index is 2.12. The molecule has 1 saturated heterocycles. The Hall–Kier alpha value is -0.410. The van der Waals surface area contributed by atoms with Gasteiger partial charge in [0.2, 0.25) is 0 Å². The maximum Gasteiger partial charge on any atom is 0.147 e. The van der Waals surface area contributed by atoms with Crippen LogP contribution in [0, 0.1) is 5.92 Å². The average molecular weight is 155 g/mol. The molecule has 3 nitrogen and oxygen atoms in total. The zero-order valence-corrected chi connectivity index (χ0v) is 6.58.